The summed E-state index contributed by atoms with van der Waals surface area (Å²) in [5.74, 6) is 0.524. The molecule has 4 rings (SSSR count). The monoisotopic (exact) mass is 356 g/mol. The fourth-order valence-corrected chi connectivity index (χ4v) is 4.18. The molecule has 0 spiro atoms. The van der Waals surface area contributed by atoms with Gasteiger partial charge in [-0.05, 0) is 55.9 Å². The second-order valence-electron chi connectivity index (χ2n) is 7.26. The van der Waals surface area contributed by atoms with Crippen LogP contribution in [0.4, 0.5) is 0 Å². The Labute approximate surface area is 153 Å². The lowest BCUT2D eigenvalue weighted by Crippen LogP contribution is -2.49. The molecule has 138 valence electrons. The predicted molar refractivity (Wildman–Crippen MR) is 95.7 cm³/mol. The van der Waals surface area contributed by atoms with Gasteiger partial charge in [-0.2, -0.15) is 0 Å². The molecule has 1 aliphatic carbocycles. The maximum absolute atomic E-state index is 12.7. The van der Waals surface area contributed by atoms with E-state index in [9.17, 15) is 9.59 Å². The van der Waals surface area contributed by atoms with Crippen molar-refractivity contribution in [3.63, 3.8) is 0 Å². The van der Waals surface area contributed by atoms with Crippen LogP contribution in [-0.2, 0) is 16.1 Å². The van der Waals surface area contributed by atoms with Crippen molar-refractivity contribution >= 4 is 11.8 Å². The van der Waals surface area contributed by atoms with E-state index >= 15 is 0 Å². The molecule has 6 heteroatoms. The number of ether oxygens (including phenoxy) is 2. The minimum atomic E-state index is -0.433. The van der Waals surface area contributed by atoms with E-state index in [0.717, 1.165) is 36.3 Å². The summed E-state index contributed by atoms with van der Waals surface area (Å²) in [6.07, 6.45) is 4.59. The molecule has 2 heterocycles. The summed E-state index contributed by atoms with van der Waals surface area (Å²) in [7, 11) is 1.72. The van der Waals surface area contributed by atoms with Crippen LogP contribution < -0.4 is 10.1 Å². The SMILES string of the molecule is C=C1CCC(N2Cc3cc(O[C@@H]4CCC[C@@H]4OC)ccc3C2=O)C(=O)N1. The molecule has 2 amide bonds. The maximum Gasteiger partial charge on any atom is 0.255 e. The second kappa shape index (κ2) is 6.76. The van der Waals surface area contributed by atoms with Gasteiger partial charge in [0.05, 0.1) is 6.10 Å². The number of carbonyl (C=O) groups excluding carboxylic acids is 2. The molecule has 2 aliphatic heterocycles. The lowest BCUT2D eigenvalue weighted by molar-refractivity contribution is -0.126. The number of amides is 2. The Bertz CT molecular complexity index is 760. The molecule has 6 nitrogen and oxygen atoms in total. The van der Waals surface area contributed by atoms with E-state index in [-0.39, 0.29) is 24.0 Å². The summed E-state index contributed by atoms with van der Waals surface area (Å²) >= 11 is 0. The highest BCUT2D eigenvalue weighted by molar-refractivity contribution is 6.01. The number of carbonyl (C=O) groups is 2. The van der Waals surface area contributed by atoms with Crippen LogP contribution in [0.3, 0.4) is 0 Å². The van der Waals surface area contributed by atoms with Gasteiger partial charge in [-0.25, -0.2) is 0 Å². The number of nitrogens with one attached hydrogen (secondary N) is 1. The molecule has 1 saturated carbocycles. The highest BCUT2D eigenvalue weighted by Gasteiger charge is 2.38. The van der Waals surface area contributed by atoms with E-state index in [2.05, 4.69) is 11.9 Å². The van der Waals surface area contributed by atoms with Gasteiger partial charge in [0, 0.05) is 24.9 Å². The van der Waals surface area contributed by atoms with E-state index in [1.54, 1.807) is 12.0 Å². The van der Waals surface area contributed by atoms with Crippen molar-refractivity contribution < 1.29 is 19.1 Å². The van der Waals surface area contributed by atoms with Gasteiger partial charge in [0.15, 0.2) is 0 Å². The lowest BCUT2D eigenvalue weighted by Gasteiger charge is -2.30. The molecule has 3 atom stereocenters. The van der Waals surface area contributed by atoms with Crippen molar-refractivity contribution in [1.29, 1.82) is 0 Å². The van der Waals surface area contributed by atoms with E-state index in [0.29, 0.717) is 24.9 Å². The number of methoxy groups -OCH3 is 1. The Morgan fingerprint density at radius 3 is 2.77 bits per heavy atom. The highest BCUT2D eigenvalue weighted by atomic mass is 16.5. The van der Waals surface area contributed by atoms with Crippen LogP contribution in [0, 0.1) is 0 Å². The molecule has 0 bridgehead atoms. The first kappa shape index (κ1) is 17.1. The smallest absolute Gasteiger partial charge is 0.255 e. The molecule has 1 N–H and O–H groups in total. The van der Waals surface area contributed by atoms with Gasteiger partial charge in [-0.15, -0.1) is 0 Å². The number of hydrogen-bond donors (Lipinski definition) is 1. The zero-order valence-corrected chi connectivity index (χ0v) is 15.0. The first-order chi connectivity index (χ1) is 12.6. The van der Waals surface area contributed by atoms with Crippen molar-refractivity contribution in [3.05, 3.63) is 41.6 Å². The van der Waals surface area contributed by atoms with Gasteiger partial charge in [0.25, 0.3) is 5.91 Å². The second-order valence-corrected chi connectivity index (χ2v) is 7.26. The van der Waals surface area contributed by atoms with Crippen molar-refractivity contribution in [2.45, 2.75) is 56.9 Å². The number of hydrogen-bond acceptors (Lipinski definition) is 4. The minimum absolute atomic E-state index is 0.0568. The van der Waals surface area contributed by atoms with E-state index in [4.69, 9.17) is 9.47 Å². The zero-order valence-electron chi connectivity index (χ0n) is 15.0. The predicted octanol–water partition coefficient (Wildman–Crippen LogP) is 2.38. The van der Waals surface area contributed by atoms with Gasteiger partial charge < -0.3 is 19.7 Å². The molecule has 2 fully saturated rings. The first-order valence-corrected chi connectivity index (χ1v) is 9.19. The van der Waals surface area contributed by atoms with Gasteiger partial charge >= 0.3 is 0 Å². The molecule has 1 saturated heterocycles. The number of rotatable bonds is 4. The average molecular weight is 356 g/mol. The van der Waals surface area contributed by atoms with E-state index in [1.165, 1.54) is 0 Å². The summed E-state index contributed by atoms with van der Waals surface area (Å²) in [6, 6.07) is 5.15. The number of nitrogens with zero attached hydrogens (tertiary/aromatic N) is 1. The Kier molecular flexibility index (Phi) is 4.44. The van der Waals surface area contributed by atoms with Gasteiger partial charge in [0.2, 0.25) is 5.91 Å². The minimum Gasteiger partial charge on any atom is -0.488 e. The van der Waals surface area contributed by atoms with Crippen molar-refractivity contribution in [2.24, 2.45) is 0 Å². The van der Waals surface area contributed by atoms with Gasteiger partial charge in [-0.3, -0.25) is 9.59 Å². The van der Waals surface area contributed by atoms with E-state index < -0.39 is 6.04 Å². The van der Waals surface area contributed by atoms with Gasteiger partial charge in [-0.1, -0.05) is 6.58 Å². The summed E-state index contributed by atoms with van der Waals surface area (Å²) in [6.45, 7) is 4.23. The summed E-state index contributed by atoms with van der Waals surface area (Å²) in [5.41, 5.74) is 2.29. The molecule has 1 unspecified atom stereocenters. The summed E-state index contributed by atoms with van der Waals surface area (Å²) in [4.78, 5) is 26.6. The van der Waals surface area contributed by atoms with Crippen LogP contribution in [0.25, 0.3) is 0 Å². The van der Waals surface area contributed by atoms with Crippen LogP contribution in [0.1, 0.15) is 48.0 Å². The zero-order chi connectivity index (χ0) is 18.3. The molecule has 1 aromatic carbocycles. The molecule has 0 radical (unpaired) electrons. The van der Waals surface area contributed by atoms with Crippen molar-refractivity contribution in [3.8, 4) is 5.75 Å². The third-order valence-electron chi connectivity index (χ3n) is 5.59. The average Bonchev–Trinajstić information content (AvgIpc) is 3.19. The van der Waals surface area contributed by atoms with E-state index in [1.807, 2.05) is 18.2 Å². The number of piperidine rings is 1. The lowest BCUT2D eigenvalue weighted by atomic mass is 10.0. The maximum atomic E-state index is 12.7. The van der Waals surface area contributed by atoms with Crippen LogP contribution >= 0.6 is 0 Å². The fourth-order valence-electron chi connectivity index (χ4n) is 4.18. The Morgan fingerprint density at radius 2 is 2.00 bits per heavy atom. The number of allylic oxidation sites excluding steroid dienone is 1. The first-order valence-electron chi connectivity index (χ1n) is 9.19. The molecule has 26 heavy (non-hydrogen) atoms. The standard InChI is InChI=1S/C20H24N2O4/c1-12-6-9-16(19(23)21-12)22-11-13-10-14(7-8-15(13)20(22)24)26-18-5-3-4-17(18)25-2/h7-8,10,16-18H,1,3-6,9,11H2,2H3,(H,21,23)/t16?,17-,18+/m0/s1. The molecule has 3 aliphatic rings. The topological polar surface area (TPSA) is 67.9 Å². The van der Waals surface area contributed by atoms with Crippen LogP contribution in [0.5, 0.6) is 5.75 Å². The number of benzene rings is 1. The van der Waals surface area contributed by atoms with Crippen molar-refractivity contribution in [2.75, 3.05) is 7.11 Å². The number of fused-ring (bicyclic) bond motifs is 1. The largest absolute Gasteiger partial charge is 0.488 e. The van der Waals surface area contributed by atoms with Crippen LogP contribution in [0.15, 0.2) is 30.5 Å². The Morgan fingerprint density at radius 1 is 1.19 bits per heavy atom. The van der Waals surface area contributed by atoms with Gasteiger partial charge in [0.1, 0.15) is 17.9 Å². The van der Waals surface area contributed by atoms with Crippen LogP contribution in [-0.4, -0.2) is 42.1 Å². The fraction of sp³-hybridized carbons (Fsp3) is 0.500. The normalized spacial score (nSPS) is 28.3. The Hall–Kier alpha value is -2.34. The summed E-state index contributed by atoms with van der Waals surface area (Å²) < 4.78 is 11.6. The van der Waals surface area contributed by atoms with Crippen LogP contribution in [0.2, 0.25) is 0 Å². The molecule has 0 aromatic heterocycles. The molecular weight excluding hydrogens is 332 g/mol. The summed E-state index contributed by atoms with van der Waals surface area (Å²) in [5, 5.41) is 2.76. The van der Waals surface area contributed by atoms with Crippen molar-refractivity contribution in [1.82, 2.24) is 10.2 Å². The highest BCUT2D eigenvalue weighted by Crippen LogP contribution is 2.32. The Balaban J connectivity index is 1.50. The quantitative estimate of drug-likeness (QED) is 0.899. The third-order valence-corrected chi connectivity index (χ3v) is 5.59. The molecular formula is C20H24N2O4. The molecule has 1 aromatic rings. The third kappa shape index (κ3) is 2.98.